The highest BCUT2D eigenvalue weighted by Gasteiger charge is 2.32. The fraction of sp³-hybridized carbons (Fsp3) is 0.474. The highest BCUT2D eigenvalue weighted by molar-refractivity contribution is 7.80. The third kappa shape index (κ3) is 3.11. The Morgan fingerprint density at radius 1 is 1.44 bits per heavy atom. The Hall–Kier alpha value is -2.08. The predicted octanol–water partition coefficient (Wildman–Crippen LogP) is 3.62. The molecule has 2 aliphatic rings. The van der Waals surface area contributed by atoms with Gasteiger partial charge in [0.2, 0.25) is 0 Å². The van der Waals surface area contributed by atoms with Gasteiger partial charge in [-0.05, 0) is 50.4 Å². The van der Waals surface area contributed by atoms with Crippen LogP contribution in [0.25, 0.3) is 0 Å². The molecule has 134 valence electrons. The second kappa shape index (κ2) is 7.04. The zero-order valence-electron chi connectivity index (χ0n) is 14.7. The van der Waals surface area contributed by atoms with Crippen LogP contribution in [0.5, 0.6) is 11.5 Å². The second-order valence-corrected chi connectivity index (χ2v) is 6.85. The van der Waals surface area contributed by atoms with Gasteiger partial charge in [0.05, 0.1) is 14.2 Å². The molecule has 1 atom stereocenters. The monoisotopic (exact) mass is 362 g/mol. The third-order valence-electron chi connectivity index (χ3n) is 5.10. The average Bonchev–Trinajstić information content (AvgIpc) is 3.23. The van der Waals surface area contributed by atoms with Crippen molar-refractivity contribution in [3.8, 4) is 11.5 Å². The third-order valence-corrected chi connectivity index (χ3v) is 5.60. The number of esters is 1. The van der Waals surface area contributed by atoms with Crippen LogP contribution in [0.2, 0.25) is 0 Å². The van der Waals surface area contributed by atoms with Crippen LogP contribution in [0.3, 0.4) is 0 Å². The normalized spacial score (nSPS) is 20.5. The van der Waals surface area contributed by atoms with Crippen molar-refractivity contribution in [2.24, 2.45) is 5.92 Å². The Morgan fingerprint density at radius 2 is 2.20 bits per heavy atom. The van der Waals surface area contributed by atoms with Gasteiger partial charge in [-0.15, -0.1) is 0 Å². The first-order valence-corrected chi connectivity index (χ1v) is 8.72. The minimum Gasteiger partial charge on any atom is -0.507 e. The number of allylic oxidation sites excluding steroid dienone is 2. The number of ether oxygens (including phenoxy) is 3. The highest BCUT2D eigenvalue weighted by Crippen LogP contribution is 2.42. The van der Waals surface area contributed by atoms with Crippen LogP contribution in [-0.4, -0.2) is 30.3 Å². The Kier molecular flexibility index (Phi) is 4.99. The van der Waals surface area contributed by atoms with Gasteiger partial charge >= 0.3 is 5.97 Å². The van der Waals surface area contributed by atoms with Crippen molar-refractivity contribution in [3.63, 3.8) is 0 Å². The molecule has 1 aromatic rings. The lowest BCUT2D eigenvalue weighted by atomic mass is 9.94. The number of phenolic OH excluding ortho intramolecular Hbond substituents is 1. The number of cyclic esters (lactones) is 1. The Labute approximate surface area is 152 Å². The van der Waals surface area contributed by atoms with Crippen molar-refractivity contribution in [1.82, 2.24) is 0 Å². The number of benzene rings is 1. The van der Waals surface area contributed by atoms with Crippen molar-refractivity contribution in [3.05, 3.63) is 33.9 Å². The number of thiocarbonyl (C=S) groups is 1. The number of carbonyl (C=O) groups is 1. The molecule has 0 radical (unpaired) electrons. The fourth-order valence-electron chi connectivity index (χ4n) is 3.71. The molecule has 0 saturated heterocycles. The van der Waals surface area contributed by atoms with Gasteiger partial charge in [-0.1, -0.05) is 11.6 Å². The number of methoxy groups -OCH3 is 2. The number of fused-ring (bicyclic) bond motifs is 1. The quantitative estimate of drug-likeness (QED) is 0.501. The number of aromatic hydroxyl groups is 1. The van der Waals surface area contributed by atoms with E-state index in [9.17, 15) is 9.90 Å². The molecule has 1 aliphatic carbocycles. The van der Waals surface area contributed by atoms with E-state index in [1.165, 1.54) is 5.57 Å². The van der Waals surface area contributed by atoms with Crippen molar-refractivity contribution in [2.75, 3.05) is 14.2 Å². The molecule has 5 nitrogen and oxygen atoms in total. The molecule has 1 aliphatic heterocycles. The Morgan fingerprint density at radius 3 is 2.88 bits per heavy atom. The predicted molar refractivity (Wildman–Crippen MR) is 97.3 cm³/mol. The summed E-state index contributed by atoms with van der Waals surface area (Å²) in [5, 5.41) is 11.3. The van der Waals surface area contributed by atoms with E-state index in [1.807, 2.05) is 6.92 Å². The number of phenols is 1. The molecule has 3 rings (SSSR count). The lowest BCUT2D eigenvalue weighted by Crippen LogP contribution is -2.09. The van der Waals surface area contributed by atoms with Gasteiger partial charge in [-0.3, -0.25) is 0 Å². The summed E-state index contributed by atoms with van der Waals surface area (Å²) in [7, 11) is 3.18. The first-order chi connectivity index (χ1) is 12.0. The van der Waals surface area contributed by atoms with E-state index >= 15 is 0 Å². The molecule has 1 heterocycles. The molecule has 1 unspecified atom stereocenters. The largest absolute Gasteiger partial charge is 0.507 e. The fourth-order valence-corrected chi connectivity index (χ4v) is 3.91. The van der Waals surface area contributed by atoms with Gasteiger partial charge in [-0.2, -0.15) is 0 Å². The molecule has 1 fully saturated rings. The van der Waals surface area contributed by atoms with Crippen molar-refractivity contribution in [2.45, 2.75) is 39.2 Å². The van der Waals surface area contributed by atoms with Gasteiger partial charge in [0.15, 0.2) is 5.05 Å². The highest BCUT2D eigenvalue weighted by atomic mass is 32.1. The van der Waals surface area contributed by atoms with Crippen LogP contribution in [0.15, 0.2) is 11.6 Å². The average molecular weight is 362 g/mol. The first-order valence-electron chi connectivity index (χ1n) is 8.32. The van der Waals surface area contributed by atoms with E-state index in [1.54, 1.807) is 14.2 Å². The minimum absolute atomic E-state index is 0.0289. The minimum atomic E-state index is -0.474. The van der Waals surface area contributed by atoms with Gasteiger partial charge in [0.25, 0.3) is 0 Å². The lowest BCUT2D eigenvalue weighted by Gasteiger charge is -2.15. The summed E-state index contributed by atoms with van der Waals surface area (Å²) in [5.74, 6) is 0.393. The summed E-state index contributed by atoms with van der Waals surface area (Å²) in [6.07, 6.45) is 5.42. The molecule has 25 heavy (non-hydrogen) atoms. The molecular weight excluding hydrogens is 340 g/mol. The van der Waals surface area contributed by atoms with Gasteiger partial charge in [-0.25, -0.2) is 4.79 Å². The zero-order valence-corrected chi connectivity index (χ0v) is 15.5. The summed E-state index contributed by atoms with van der Waals surface area (Å²) in [4.78, 5) is 11.9. The van der Waals surface area contributed by atoms with E-state index in [0.29, 0.717) is 28.3 Å². The second-order valence-electron chi connectivity index (χ2n) is 6.44. The maximum Gasteiger partial charge on any atom is 0.342 e. The van der Waals surface area contributed by atoms with E-state index < -0.39 is 5.97 Å². The Balaban J connectivity index is 1.90. The zero-order chi connectivity index (χ0) is 18.1. The van der Waals surface area contributed by atoms with Crippen molar-refractivity contribution in [1.29, 1.82) is 0 Å². The maximum absolute atomic E-state index is 11.9. The van der Waals surface area contributed by atoms with E-state index in [2.05, 4.69) is 6.08 Å². The first kappa shape index (κ1) is 17.7. The smallest absolute Gasteiger partial charge is 0.342 e. The summed E-state index contributed by atoms with van der Waals surface area (Å²) >= 11 is 5.23. The molecule has 0 bridgehead atoms. The van der Waals surface area contributed by atoms with Crippen LogP contribution < -0.4 is 4.74 Å². The van der Waals surface area contributed by atoms with Crippen LogP contribution in [0.1, 0.15) is 46.3 Å². The van der Waals surface area contributed by atoms with Crippen LogP contribution in [-0.2, 0) is 22.5 Å². The summed E-state index contributed by atoms with van der Waals surface area (Å²) < 4.78 is 15.8. The molecule has 6 heteroatoms. The molecular formula is C19H22O5S. The van der Waals surface area contributed by atoms with Crippen molar-refractivity contribution >= 4 is 23.2 Å². The molecule has 0 amide bonds. The van der Waals surface area contributed by atoms with Gasteiger partial charge in [0.1, 0.15) is 23.7 Å². The summed E-state index contributed by atoms with van der Waals surface area (Å²) in [5.41, 5.74) is 3.74. The van der Waals surface area contributed by atoms with Gasteiger partial charge < -0.3 is 19.3 Å². The molecule has 0 aromatic heterocycles. The van der Waals surface area contributed by atoms with Crippen molar-refractivity contribution < 1.29 is 24.1 Å². The van der Waals surface area contributed by atoms with E-state index in [0.717, 1.165) is 24.8 Å². The summed E-state index contributed by atoms with van der Waals surface area (Å²) in [6, 6.07) is 0. The number of hydrogen-bond donors (Lipinski definition) is 1. The topological polar surface area (TPSA) is 65.0 Å². The van der Waals surface area contributed by atoms with E-state index in [-0.39, 0.29) is 23.8 Å². The van der Waals surface area contributed by atoms with Crippen LogP contribution in [0.4, 0.5) is 0 Å². The number of hydrogen-bond acceptors (Lipinski definition) is 6. The standard InChI is InChI=1S/C19H22O5S/c1-10-14-9-24-18(21)15(14)16(20)13(17(10)22-2)7-5-11-4-6-12(8-11)19(25)23-3/h5,12,20H,4,6-9H2,1-3H3/b11-5+. The SMILES string of the molecule is COC(=S)C1CC/C(=C\Cc2c(O)c3c(c(C)c2OC)COC3=O)C1. The molecule has 1 N–H and O–H groups in total. The maximum atomic E-state index is 11.9. The number of carbonyl (C=O) groups excluding carboxylic acids is 1. The van der Waals surface area contributed by atoms with Crippen LogP contribution in [0, 0.1) is 12.8 Å². The molecule has 0 spiro atoms. The van der Waals surface area contributed by atoms with E-state index in [4.69, 9.17) is 26.4 Å². The lowest BCUT2D eigenvalue weighted by molar-refractivity contribution is 0.0533. The molecule has 1 aromatic carbocycles. The summed E-state index contributed by atoms with van der Waals surface area (Å²) in [6.45, 7) is 2.07. The van der Waals surface area contributed by atoms with Gasteiger partial charge in [0, 0.05) is 17.0 Å². The Bertz CT molecular complexity index is 766. The number of rotatable bonds is 4. The van der Waals surface area contributed by atoms with Crippen LogP contribution >= 0.6 is 12.2 Å². The molecule has 1 saturated carbocycles.